The standard InChI is InChI=1S/C20H15N5OS/c26-20(15-6-4-10-21-12-15)23-22-13-16-14-25(17-7-2-1-3-8-17)24-19(16)18-9-5-11-27-18/h1-14H,(H,23,26)/b22-13+. The van der Waals surface area contributed by atoms with E-state index in [9.17, 15) is 4.79 Å². The lowest BCUT2D eigenvalue weighted by Gasteiger charge is -1.98. The van der Waals surface area contributed by atoms with Crippen LogP contribution in [0.25, 0.3) is 16.3 Å². The van der Waals surface area contributed by atoms with Gasteiger partial charge in [-0.1, -0.05) is 24.3 Å². The van der Waals surface area contributed by atoms with Crippen molar-refractivity contribution in [1.82, 2.24) is 20.2 Å². The molecular weight excluding hydrogens is 358 g/mol. The summed E-state index contributed by atoms with van der Waals surface area (Å²) in [5.41, 5.74) is 5.56. The van der Waals surface area contributed by atoms with E-state index >= 15 is 0 Å². The van der Waals surface area contributed by atoms with E-state index in [0.717, 1.165) is 21.8 Å². The number of para-hydroxylation sites is 1. The highest BCUT2D eigenvalue weighted by Gasteiger charge is 2.12. The maximum atomic E-state index is 12.1. The number of hydrogen-bond donors (Lipinski definition) is 1. The van der Waals surface area contributed by atoms with E-state index in [1.165, 1.54) is 6.20 Å². The smallest absolute Gasteiger partial charge is 0.267 e. The number of nitrogens with one attached hydrogen (secondary N) is 1. The molecule has 3 aromatic heterocycles. The second-order valence-electron chi connectivity index (χ2n) is 5.63. The van der Waals surface area contributed by atoms with Crippen molar-refractivity contribution in [3.05, 3.63) is 89.7 Å². The molecule has 27 heavy (non-hydrogen) atoms. The molecule has 0 saturated carbocycles. The second-order valence-corrected chi connectivity index (χ2v) is 6.58. The first-order valence-electron chi connectivity index (χ1n) is 8.23. The summed E-state index contributed by atoms with van der Waals surface area (Å²) in [5.74, 6) is -0.313. The van der Waals surface area contributed by atoms with Gasteiger partial charge in [0.25, 0.3) is 5.91 Å². The number of aromatic nitrogens is 3. The molecule has 0 aliphatic carbocycles. The van der Waals surface area contributed by atoms with Gasteiger partial charge in [-0.3, -0.25) is 9.78 Å². The molecule has 132 valence electrons. The first-order chi connectivity index (χ1) is 13.3. The van der Waals surface area contributed by atoms with Gasteiger partial charge in [0.05, 0.1) is 22.3 Å². The molecule has 0 spiro atoms. The van der Waals surface area contributed by atoms with E-state index in [4.69, 9.17) is 5.10 Å². The first kappa shape index (κ1) is 16.9. The number of carbonyl (C=O) groups excluding carboxylic acids is 1. The minimum atomic E-state index is -0.313. The van der Waals surface area contributed by atoms with Gasteiger partial charge in [0.2, 0.25) is 0 Å². The second kappa shape index (κ2) is 7.76. The number of hydrazone groups is 1. The Morgan fingerprint density at radius 1 is 1.11 bits per heavy atom. The van der Waals surface area contributed by atoms with Crippen LogP contribution in [0.15, 0.2) is 83.7 Å². The van der Waals surface area contributed by atoms with Gasteiger partial charge in [0, 0.05) is 24.2 Å². The van der Waals surface area contributed by atoms with Crippen LogP contribution in [0.1, 0.15) is 15.9 Å². The van der Waals surface area contributed by atoms with Crippen LogP contribution in [0.4, 0.5) is 0 Å². The molecule has 0 saturated heterocycles. The van der Waals surface area contributed by atoms with Crippen molar-refractivity contribution in [3.63, 3.8) is 0 Å². The van der Waals surface area contributed by atoms with Crippen molar-refractivity contribution in [2.45, 2.75) is 0 Å². The van der Waals surface area contributed by atoms with Gasteiger partial charge < -0.3 is 0 Å². The maximum absolute atomic E-state index is 12.1. The Bertz CT molecular complexity index is 1060. The van der Waals surface area contributed by atoms with E-state index in [2.05, 4.69) is 15.5 Å². The molecule has 0 unspecified atom stereocenters. The topological polar surface area (TPSA) is 72.2 Å². The molecule has 1 aromatic carbocycles. The van der Waals surface area contributed by atoms with Crippen LogP contribution in [0.5, 0.6) is 0 Å². The third-order valence-electron chi connectivity index (χ3n) is 3.81. The molecule has 7 heteroatoms. The lowest BCUT2D eigenvalue weighted by molar-refractivity contribution is 0.0955. The number of carbonyl (C=O) groups is 1. The summed E-state index contributed by atoms with van der Waals surface area (Å²) >= 11 is 1.60. The fourth-order valence-corrected chi connectivity index (χ4v) is 3.25. The van der Waals surface area contributed by atoms with Gasteiger partial charge >= 0.3 is 0 Å². The van der Waals surface area contributed by atoms with Crippen LogP contribution in [0, 0.1) is 0 Å². The fourth-order valence-electron chi connectivity index (χ4n) is 2.52. The Hall–Kier alpha value is -3.58. The molecule has 0 aliphatic heterocycles. The molecule has 0 aliphatic rings. The molecule has 4 aromatic rings. The Balaban J connectivity index is 1.61. The van der Waals surface area contributed by atoms with Crippen LogP contribution in [-0.4, -0.2) is 26.9 Å². The molecule has 4 rings (SSSR count). The molecule has 0 fully saturated rings. The zero-order valence-electron chi connectivity index (χ0n) is 14.2. The van der Waals surface area contributed by atoms with E-state index < -0.39 is 0 Å². The largest absolute Gasteiger partial charge is 0.272 e. The molecule has 0 atom stereocenters. The number of rotatable bonds is 5. The Morgan fingerprint density at radius 3 is 2.74 bits per heavy atom. The predicted octanol–water partition coefficient (Wildman–Crippen LogP) is 3.76. The van der Waals surface area contributed by atoms with E-state index in [1.54, 1.807) is 40.6 Å². The average Bonchev–Trinajstić information content (AvgIpc) is 3.39. The van der Waals surface area contributed by atoms with Crippen molar-refractivity contribution in [3.8, 4) is 16.3 Å². The van der Waals surface area contributed by atoms with Crippen molar-refractivity contribution in [2.75, 3.05) is 0 Å². The number of thiophene rings is 1. The number of benzene rings is 1. The molecule has 1 N–H and O–H groups in total. The minimum Gasteiger partial charge on any atom is -0.267 e. The van der Waals surface area contributed by atoms with E-state index in [0.29, 0.717) is 5.56 Å². The van der Waals surface area contributed by atoms with Crippen LogP contribution in [0.2, 0.25) is 0 Å². The molecule has 0 bridgehead atoms. The van der Waals surface area contributed by atoms with Crippen LogP contribution >= 0.6 is 11.3 Å². The Morgan fingerprint density at radius 2 is 2.00 bits per heavy atom. The number of pyridine rings is 1. The van der Waals surface area contributed by atoms with Gasteiger partial charge in [-0.2, -0.15) is 10.2 Å². The molecule has 0 radical (unpaired) electrons. The molecule has 1 amide bonds. The van der Waals surface area contributed by atoms with Gasteiger partial charge in [0.1, 0.15) is 5.69 Å². The zero-order chi connectivity index (χ0) is 18.5. The lowest BCUT2D eigenvalue weighted by atomic mass is 10.2. The minimum absolute atomic E-state index is 0.313. The lowest BCUT2D eigenvalue weighted by Crippen LogP contribution is -2.17. The van der Waals surface area contributed by atoms with Crippen molar-refractivity contribution in [2.24, 2.45) is 5.10 Å². The summed E-state index contributed by atoms with van der Waals surface area (Å²) in [6, 6.07) is 17.2. The van der Waals surface area contributed by atoms with Gasteiger partial charge in [0.15, 0.2) is 0 Å². The highest BCUT2D eigenvalue weighted by Crippen LogP contribution is 2.26. The predicted molar refractivity (Wildman–Crippen MR) is 106 cm³/mol. The maximum Gasteiger partial charge on any atom is 0.272 e. The highest BCUT2D eigenvalue weighted by molar-refractivity contribution is 7.13. The third-order valence-corrected chi connectivity index (χ3v) is 4.69. The zero-order valence-corrected chi connectivity index (χ0v) is 15.0. The third kappa shape index (κ3) is 3.83. The number of nitrogens with zero attached hydrogens (tertiary/aromatic N) is 4. The average molecular weight is 373 g/mol. The van der Waals surface area contributed by atoms with Crippen molar-refractivity contribution < 1.29 is 4.79 Å². The fraction of sp³-hybridized carbons (Fsp3) is 0. The summed E-state index contributed by atoms with van der Waals surface area (Å²) in [4.78, 5) is 17.1. The van der Waals surface area contributed by atoms with Crippen LogP contribution < -0.4 is 5.43 Å². The van der Waals surface area contributed by atoms with Gasteiger partial charge in [-0.15, -0.1) is 11.3 Å². The number of hydrogen-bond acceptors (Lipinski definition) is 5. The highest BCUT2D eigenvalue weighted by atomic mass is 32.1. The number of amides is 1. The SMILES string of the molecule is O=C(N/N=C/c1cn(-c2ccccc2)nc1-c1cccs1)c1cccnc1. The van der Waals surface area contributed by atoms with Crippen molar-refractivity contribution >= 4 is 23.5 Å². The van der Waals surface area contributed by atoms with Gasteiger partial charge in [-0.25, -0.2) is 10.1 Å². The van der Waals surface area contributed by atoms with Gasteiger partial charge in [-0.05, 0) is 35.7 Å². The Kier molecular flexibility index (Phi) is 4.84. The normalized spacial score (nSPS) is 11.0. The molecule has 6 nitrogen and oxygen atoms in total. The Labute approximate surface area is 159 Å². The molecule has 3 heterocycles. The van der Waals surface area contributed by atoms with E-state index in [1.807, 2.05) is 54.0 Å². The van der Waals surface area contributed by atoms with Crippen LogP contribution in [-0.2, 0) is 0 Å². The van der Waals surface area contributed by atoms with Crippen molar-refractivity contribution in [1.29, 1.82) is 0 Å². The summed E-state index contributed by atoms with van der Waals surface area (Å²) in [6.07, 6.45) is 6.61. The summed E-state index contributed by atoms with van der Waals surface area (Å²) in [6.45, 7) is 0. The summed E-state index contributed by atoms with van der Waals surface area (Å²) in [5, 5.41) is 10.8. The van der Waals surface area contributed by atoms with Crippen LogP contribution in [0.3, 0.4) is 0 Å². The first-order valence-corrected chi connectivity index (χ1v) is 9.11. The quantitative estimate of drug-likeness (QED) is 0.428. The van der Waals surface area contributed by atoms with E-state index in [-0.39, 0.29) is 5.91 Å². The summed E-state index contributed by atoms with van der Waals surface area (Å²) < 4.78 is 1.80. The summed E-state index contributed by atoms with van der Waals surface area (Å²) in [7, 11) is 0. The molecular formula is C20H15N5OS. The monoisotopic (exact) mass is 373 g/mol.